The number of thiophene rings is 1. The number of hydrogen-bond acceptors (Lipinski definition) is 4. The van der Waals surface area contributed by atoms with Crippen LogP contribution in [0.2, 0.25) is 0 Å². The fraction of sp³-hybridized carbons (Fsp3) is 0.600. The largest absolute Gasteiger partial charge is 0.496 e. The van der Waals surface area contributed by atoms with Crippen LogP contribution in [-0.2, 0) is 4.74 Å². The van der Waals surface area contributed by atoms with Gasteiger partial charge in [0, 0.05) is 16.9 Å². The van der Waals surface area contributed by atoms with Crippen LogP contribution in [0, 0.1) is 0 Å². The number of nitrogens with two attached hydrogens (primary N) is 1. The predicted octanol–water partition coefficient (Wildman–Crippen LogP) is 2.18. The first-order chi connectivity index (χ1) is 6.77. The van der Waals surface area contributed by atoms with Crippen LogP contribution >= 0.6 is 11.3 Å². The smallest absolute Gasteiger partial charge is 0.129 e. The van der Waals surface area contributed by atoms with E-state index in [4.69, 9.17) is 15.2 Å². The molecule has 1 aromatic heterocycles. The second-order valence-electron chi connectivity index (χ2n) is 3.07. The van der Waals surface area contributed by atoms with E-state index in [-0.39, 0.29) is 6.04 Å². The number of hydrogen-bond donors (Lipinski definition) is 1. The van der Waals surface area contributed by atoms with Crippen molar-refractivity contribution in [1.82, 2.24) is 0 Å². The Morgan fingerprint density at radius 3 is 2.93 bits per heavy atom. The molecule has 0 spiro atoms. The minimum absolute atomic E-state index is 0.0320. The molecule has 0 aliphatic carbocycles. The lowest BCUT2D eigenvalue weighted by molar-refractivity contribution is 0.122. The van der Waals surface area contributed by atoms with Crippen molar-refractivity contribution < 1.29 is 9.47 Å². The SMILES string of the molecule is CCCOCC(N)c1cc(OC)cs1. The zero-order valence-corrected chi connectivity index (χ0v) is 9.47. The lowest BCUT2D eigenvalue weighted by atomic mass is 10.3. The molecule has 80 valence electrons. The van der Waals surface area contributed by atoms with Crippen LogP contribution < -0.4 is 10.5 Å². The molecule has 1 heterocycles. The van der Waals surface area contributed by atoms with Gasteiger partial charge >= 0.3 is 0 Å². The van der Waals surface area contributed by atoms with Crippen molar-refractivity contribution in [2.75, 3.05) is 20.3 Å². The Bertz CT molecular complexity index is 262. The second kappa shape index (κ2) is 6.01. The van der Waals surface area contributed by atoms with Gasteiger partial charge in [-0.2, -0.15) is 0 Å². The van der Waals surface area contributed by atoms with E-state index in [0.29, 0.717) is 6.61 Å². The zero-order valence-electron chi connectivity index (χ0n) is 8.66. The van der Waals surface area contributed by atoms with E-state index >= 15 is 0 Å². The van der Waals surface area contributed by atoms with Crippen LogP contribution in [0.5, 0.6) is 5.75 Å². The minimum atomic E-state index is -0.0320. The van der Waals surface area contributed by atoms with Crippen LogP contribution in [-0.4, -0.2) is 20.3 Å². The molecule has 1 aromatic rings. The van der Waals surface area contributed by atoms with E-state index < -0.39 is 0 Å². The molecule has 0 saturated carbocycles. The van der Waals surface area contributed by atoms with Crippen molar-refractivity contribution in [3.8, 4) is 5.75 Å². The van der Waals surface area contributed by atoms with Gasteiger partial charge in [0.05, 0.1) is 19.8 Å². The van der Waals surface area contributed by atoms with Gasteiger partial charge in [-0.25, -0.2) is 0 Å². The summed E-state index contributed by atoms with van der Waals surface area (Å²) in [7, 11) is 1.66. The molecule has 4 heteroatoms. The van der Waals surface area contributed by atoms with Gasteiger partial charge in [-0.3, -0.25) is 0 Å². The highest BCUT2D eigenvalue weighted by Crippen LogP contribution is 2.25. The van der Waals surface area contributed by atoms with Gasteiger partial charge in [0.15, 0.2) is 0 Å². The number of methoxy groups -OCH3 is 1. The Morgan fingerprint density at radius 2 is 2.36 bits per heavy atom. The normalized spacial score (nSPS) is 12.8. The van der Waals surface area contributed by atoms with Gasteiger partial charge in [-0.05, 0) is 12.5 Å². The van der Waals surface area contributed by atoms with E-state index in [1.54, 1.807) is 18.4 Å². The first-order valence-corrected chi connectivity index (χ1v) is 5.61. The molecule has 2 N–H and O–H groups in total. The molecule has 0 amide bonds. The highest BCUT2D eigenvalue weighted by atomic mass is 32.1. The summed E-state index contributed by atoms with van der Waals surface area (Å²) in [5.74, 6) is 0.871. The van der Waals surface area contributed by atoms with Crippen LogP contribution in [0.4, 0.5) is 0 Å². The summed E-state index contributed by atoms with van der Waals surface area (Å²) >= 11 is 1.61. The van der Waals surface area contributed by atoms with Gasteiger partial charge < -0.3 is 15.2 Å². The summed E-state index contributed by atoms with van der Waals surface area (Å²) in [5, 5.41) is 1.95. The minimum Gasteiger partial charge on any atom is -0.496 e. The van der Waals surface area contributed by atoms with Gasteiger partial charge in [0.1, 0.15) is 5.75 Å². The predicted molar refractivity (Wildman–Crippen MR) is 58.9 cm³/mol. The molecule has 0 aromatic carbocycles. The van der Waals surface area contributed by atoms with Crippen LogP contribution in [0.1, 0.15) is 24.3 Å². The summed E-state index contributed by atoms with van der Waals surface area (Å²) in [5.41, 5.74) is 5.93. The Balaban J connectivity index is 2.39. The summed E-state index contributed by atoms with van der Waals surface area (Å²) < 4.78 is 10.5. The topological polar surface area (TPSA) is 44.5 Å². The summed E-state index contributed by atoms with van der Waals surface area (Å²) in [6, 6.07) is 1.93. The van der Waals surface area contributed by atoms with E-state index in [9.17, 15) is 0 Å². The van der Waals surface area contributed by atoms with Crippen LogP contribution in [0.3, 0.4) is 0 Å². The molecule has 1 rings (SSSR count). The number of ether oxygens (including phenoxy) is 2. The summed E-state index contributed by atoms with van der Waals surface area (Å²) in [6.45, 7) is 3.44. The van der Waals surface area contributed by atoms with Crippen molar-refractivity contribution in [3.63, 3.8) is 0 Å². The van der Waals surface area contributed by atoms with Gasteiger partial charge in [-0.1, -0.05) is 6.92 Å². The van der Waals surface area contributed by atoms with Crippen molar-refractivity contribution in [2.24, 2.45) is 5.73 Å². The van der Waals surface area contributed by atoms with E-state index in [1.807, 2.05) is 11.4 Å². The molecule has 0 aliphatic rings. The van der Waals surface area contributed by atoms with Crippen molar-refractivity contribution in [2.45, 2.75) is 19.4 Å². The standard InChI is InChI=1S/C10H17NO2S/c1-3-4-13-6-9(11)10-5-8(12-2)7-14-10/h5,7,9H,3-4,6,11H2,1-2H3. The third-order valence-corrected chi connectivity index (χ3v) is 2.89. The average Bonchev–Trinajstić information content (AvgIpc) is 2.66. The lowest BCUT2D eigenvalue weighted by Gasteiger charge is -2.09. The lowest BCUT2D eigenvalue weighted by Crippen LogP contribution is -2.16. The Kier molecular flexibility index (Phi) is 4.93. The maximum absolute atomic E-state index is 5.93. The Hall–Kier alpha value is -0.580. The molecule has 1 atom stereocenters. The van der Waals surface area contributed by atoms with E-state index in [2.05, 4.69) is 6.92 Å². The molecule has 0 aliphatic heterocycles. The molecular formula is C10H17NO2S. The van der Waals surface area contributed by atoms with Crippen molar-refractivity contribution in [1.29, 1.82) is 0 Å². The highest BCUT2D eigenvalue weighted by Gasteiger charge is 2.09. The van der Waals surface area contributed by atoms with Crippen molar-refractivity contribution >= 4 is 11.3 Å². The third kappa shape index (κ3) is 3.29. The zero-order chi connectivity index (χ0) is 10.4. The van der Waals surface area contributed by atoms with Gasteiger partial charge in [0.2, 0.25) is 0 Å². The highest BCUT2D eigenvalue weighted by molar-refractivity contribution is 7.10. The fourth-order valence-electron chi connectivity index (χ4n) is 1.07. The third-order valence-electron chi connectivity index (χ3n) is 1.84. The Labute approximate surface area is 88.8 Å². The molecule has 0 saturated heterocycles. The first-order valence-electron chi connectivity index (χ1n) is 4.73. The van der Waals surface area contributed by atoms with E-state index in [0.717, 1.165) is 23.7 Å². The van der Waals surface area contributed by atoms with E-state index in [1.165, 1.54) is 0 Å². The molecule has 0 bridgehead atoms. The molecule has 1 unspecified atom stereocenters. The molecular weight excluding hydrogens is 198 g/mol. The average molecular weight is 215 g/mol. The monoisotopic (exact) mass is 215 g/mol. The van der Waals surface area contributed by atoms with Crippen molar-refractivity contribution in [3.05, 3.63) is 16.3 Å². The molecule has 0 radical (unpaired) electrons. The number of rotatable bonds is 6. The van der Waals surface area contributed by atoms with Gasteiger partial charge in [0.25, 0.3) is 0 Å². The first kappa shape index (κ1) is 11.5. The van der Waals surface area contributed by atoms with Crippen LogP contribution in [0.15, 0.2) is 11.4 Å². The molecule has 0 fully saturated rings. The maximum atomic E-state index is 5.93. The fourth-order valence-corrected chi connectivity index (χ4v) is 1.92. The van der Waals surface area contributed by atoms with Crippen LogP contribution in [0.25, 0.3) is 0 Å². The summed E-state index contributed by atoms with van der Waals surface area (Å²) in [4.78, 5) is 1.11. The summed E-state index contributed by atoms with van der Waals surface area (Å²) in [6.07, 6.45) is 1.03. The van der Waals surface area contributed by atoms with Gasteiger partial charge in [-0.15, -0.1) is 11.3 Å². The second-order valence-corrected chi connectivity index (χ2v) is 4.01. The maximum Gasteiger partial charge on any atom is 0.129 e. The molecule has 3 nitrogen and oxygen atoms in total. The quantitative estimate of drug-likeness (QED) is 0.740. The molecule has 14 heavy (non-hydrogen) atoms. The Morgan fingerprint density at radius 1 is 1.57 bits per heavy atom.